The molecule has 0 unspecified atom stereocenters. The molecular weight excluding hydrogens is 388 g/mol. The number of carboxylic acid groups (broad SMARTS) is 1. The summed E-state index contributed by atoms with van der Waals surface area (Å²) in [6.45, 7) is 2.19. The summed E-state index contributed by atoms with van der Waals surface area (Å²) in [4.78, 5) is 10.7. The van der Waals surface area contributed by atoms with Gasteiger partial charge in [-0.05, 0) is 62.6 Å². The Bertz CT molecular complexity index is 706. The molecule has 0 bridgehead atoms. The van der Waals surface area contributed by atoms with E-state index in [0.717, 1.165) is 43.4 Å². The van der Waals surface area contributed by atoms with Crippen molar-refractivity contribution in [1.82, 2.24) is 0 Å². The van der Waals surface area contributed by atoms with Gasteiger partial charge in [-0.1, -0.05) is 24.3 Å². The number of benzene rings is 1. The van der Waals surface area contributed by atoms with Gasteiger partial charge in [0.25, 0.3) is 0 Å². The Morgan fingerprint density at radius 1 is 1.38 bits per heavy atom. The molecule has 1 aromatic carbocycles. The fourth-order valence-corrected chi connectivity index (χ4v) is 6.39. The molecule has 1 saturated heterocycles. The fourth-order valence-electron chi connectivity index (χ4n) is 4.49. The van der Waals surface area contributed by atoms with Gasteiger partial charge >= 0.3 is 5.97 Å². The number of fused-ring (bicyclic) bond motifs is 1. The highest BCUT2D eigenvalue weighted by molar-refractivity contribution is 8.00. The molecular formula is C23H32O5S. The third-order valence-corrected chi connectivity index (χ3v) is 7.71. The zero-order valence-corrected chi connectivity index (χ0v) is 17.8. The highest BCUT2D eigenvalue weighted by Gasteiger charge is 2.44. The SMILES string of the molecule is Cc1cccc(OC[C@H](O)/C=C/[C@@H]2[C@H]3CC[C@H](CCCC(=O)O)S[C@H]3C[C@H]2O)c1. The topological polar surface area (TPSA) is 87.0 Å². The molecule has 1 aliphatic carbocycles. The lowest BCUT2D eigenvalue weighted by Crippen LogP contribution is -2.27. The van der Waals surface area contributed by atoms with Crippen LogP contribution in [0.3, 0.4) is 0 Å². The Morgan fingerprint density at radius 2 is 2.21 bits per heavy atom. The second-order valence-corrected chi connectivity index (χ2v) is 9.83. The molecule has 1 saturated carbocycles. The van der Waals surface area contributed by atoms with Gasteiger partial charge in [0.1, 0.15) is 18.5 Å². The number of carbonyl (C=O) groups is 1. The molecule has 5 nitrogen and oxygen atoms in total. The highest BCUT2D eigenvalue weighted by Crippen LogP contribution is 2.49. The summed E-state index contributed by atoms with van der Waals surface area (Å²) in [6, 6.07) is 7.74. The van der Waals surface area contributed by atoms with Gasteiger partial charge in [-0.2, -0.15) is 11.8 Å². The van der Waals surface area contributed by atoms with Crippen molar-refractivity contribution < 1.29 is 24.9 Å². The largest absolute Gasteiger partial charge is 0.491 e. The van der Waals surface area contributed by atoms with Gasteiger partial charge in [0.15, 0.2) is 0 Å². The second-order valence-electron chi connectivity index (χ2n) is 8.28. The van der Waals surface area contributed by atoms with Crippen LogP contribution in [0.1, 0.15) is 44.1 Å². The van der Waals surface area contributed by atoms with Crippen LogP contribution < -0.4 is 4.74 Å². The number of carboxylic acids is 1. The third kappa shape index (κ3) is 6.49. The van der Waals surface area contributed by atoms with E-state index in [4.69, 9.17) is 9.84 Å². The molecule has 3 rings (SSSR count). The predicted molar refractivity (Wildman–Crippen MR) is 115 cm³/mol. The predicted octanol–water partition coefficient (Wildman–Crippen LogP) is 3.81. The van der Waals surface area contributed by atoms with Crippen molar-refractivity contribution in [3.8, 4) is 5.75 Å². The van der Waals surface area contributed by atoms with Gasteiger partial charge in [0, 0.05) is 22.8 Å². The smallest absolute Gasteiger partial charge is 0.303 e. The number of aliphatic hydroxyl groups is 2. The van der Waals surface area contributed by atoms with Crippen molar-refractivity contribution in [3.63, 3.8) is 0 Å². The molecule has 1 aromatic rings. The Kier molecular flexibility index (Phi) is 8.04. The number of ether oxygens (including phenoxy) is 1. The summed E-state index contributed by atoms with van der Waals surface area (Å²) in [5, 5.41) is 30.5. The minimum Gasteiger partial charge on any atom is -0.491 e. The monoisotopic (exact) mass is 420 g/mol. The van der Waals surface area contributed by atoms with Crippen molar-refractivity contribution in [2.24, 2.45) is 11.8 Å². The molecule has 0 amide bonds. The highest BCUT2D eigenvalue weighted by atomic mass is 32.2. The molecule has 29 heavy (non-hydrogen) atoms. The van der Waals surface area contributed by atoms with Crippen LogP contribution in [0, 0.1) is 18.8 Å². The molecule has 160 valence electrons. The number of rotatable bonds is 9. The molecule has 3 N–H and O–H groups in total. The molecule has 2 fully saturated rings. The summed E-state index contributed by atoms with van der Waals surface area (Å²) in [7, 11) is 0. The van der Waals surface area contributed by atoms with E-state index in [1.54, 1.807) is 6.08 Å². The first-order valence-electron chi connectivity index (χ1n) is 10.5. The Balaban J connectivity index is 1.46. The van der Waals surface area contributed by atoms with Crippen molar-refractivity contribution in [3.05, 3.63) is 42.0 Å². The van der Waals surface area contributed by atoms with Gasteiger partial charge < -0.3 is 20.1 Å². The van der Waals surface area contributed by atoms with Gasteiger partial charge in [-0.15, -0.1) is 0 Å². The van der Waals surface area contributed by atoms with Crippen molar-refractivity contribution in [2.75, 3.05) is 6.61 Å². The number of hydrogen-bond donors (Lipinski definition) is 3. The maximum absolute atomic E-state index is 10.7. The van der Waals surface area contributed by atoms with Gasteiger partial charge in [0.2, 0.25) is 0 Å². The average Bonchev–Trinajstić information content (AvgIpc) is 2.99. The minimum absolute atomic E-state index is 0.0705. The fraction of sp³-hybridized carbons (Fsp3) is 0.609. The van der Waals surface area contributed by atoms with E-state index in [1.165, 1.54) is 0 Å². The summed E-state index contributed by atoms with van der Waals surface area (Å²) < 4.78 is 5.66. The minimum atomic E-state index is -0.727. The van der Waals surface area contributed by atoms with Crippen molar-refractivity contribution in [1.29, 1.82) is 0 Å². The Hall–Kier alpha value is -1.50. The molecule has 6 heteroatoms. The van der Waals surface area contributed by atoms with Crippen molar-refractivity contribution >= 4 is 17.7 Å². The zero-order valence-electron chi connectivity index (χ0n) is 16.9. The van der Waals surface area contributed by atoms with Crippen LogP contribution >= 0.6 is 11.8 Å². The van der Waals surface area contributed by atoms with Crippen LogP contribution in [0.5, 0.6) is 5.75 Å². The van der Waals surface area contributed by atoms with E-state index >= 15 is 0 Å². The molecule has 1 heterocycles. The van der Waals surface area contributed by atoms with E-state index in [1.807, 2.05) is 49.0 Å². The number of aliphatic carboxylic acids is 1. The van der Waals surface area contributed by atoms with Gasteiger partial charge in [0.05, 0.1) is 6.10 Å². The number of thioether (sulfide) groups is 1. The molecule has 1 aliphatic heterocycles. The first-order valence-corrected chi connectivity index (χ1v) is 11.5. The lowest BCUT2D eigenvalue weighted by Gasteiger charge is -2.33. The van der Waals surface area contributed by atoms with Gasteiger partial charge in [-0.3, -0.25) is 4.79 Å². The zero-order chi connectivity index (χ0) is 20.8. The van der Waals surface area contributed by atoms with Crippen LogP contribution in [-0.2, 0) is 4.79 Å². The molecule has 6 atom stereocenters. The van der Waals surface area contributed by atoms with E-state index < -0.39 is 12.1 Å². The van der Waals surface area contributed by atoms with Gasteiger partial charge in [-0.25, -0.2) is 0 Å². The maximum atomic E-state index is 10.7. The third-order valence-electron chi connectivity index (χ3n) is 5.96. The lowest BCUT2D eigenvalue weighted by molar-refractivity contribution is -0.137. The van der Waals surface area contributed by atoms with E-state index in [-0.39, 0.29) is 25.0 Å². The van der Waals surface area contributed by atoms with Crippen LogP contribution in [0.15, 0.2) is 36.4 Å². The first kappa shape index (κ1) is 22.2. The van der Waals surface area contributed by atoms with Crippen molar-refractivity contribution in [2.45, 2.75) is 68.2 Å². The lowest BCUT2D eigenvalue weighted by atomic mass is 9.88. The summed E-state index contributed by atoms with van der Waals surface area (Å²) in [6.07, 6.45) is 7.45. The molecule has 0 aromatic heterocycles. The number of aryl methyl sites for hydroxylation is 1. The van der Waals surface area contributed by atoms with E-state index in [2.05, 4.69) is 0 Å². The van der Waals surface area contributed by atoms with E-state index in [0.29, 0.717) is 16.4 Å². The molecule has 0 spiro atoms. The molecule has 2 aliphatic rings. The second kappa shape index (κ2) is 10.5. The maximum Gasteiger partial charge on any atom is 0.303 e. The summed E-state index contributed by atoms with van der Waals surface area (Å²) >= 11 is 1.93. The standard InChI is InChI=1S/C23H32O5S/c1-15-4-2-5-17(12-15)28-14-16(24)8-10-19-20-11-9-18(6-3-7-23(26)27)29-22(20)13-21(19)25/h2,4-5,8,10,12,16,18-22,24-25H,3,6-7,9,11,13-14H2,1H3,(H,26,27)/b10-8+/t16-,18+,19-,20-,21-,22+/m1/s1. The Labute approximate surface area is 177 Å². The summed E-state index contributed by atoms with van der Waals surface area (Å²) in [5.41, 5.74) is 1.11. The first-order chi connectivity index (χ1) is 13.9. The van der Waals surface area contributed by atoms with Crippen LogP contribution in [0.4, 0.5) is 0 Å². The number of hydrogen-bond acceptors (Lipinski definition) is 5. The summed E-state index contributed by atoms with van der Waals surface area (Å²) in [5.74, 6) is 0.513. The van der Waals surface area contributed by atoms with Crippen LogP contribution in [0.25, 0.3) is 0 Å². The average molecular weight is 421 g/mol. The molecule has 0 radical (unpaired) electrons. The van der Waals surface area contributed by atoms with E-state index in [9.17, 15) is 15.0 Å². The van der Waals surface area contributed by atoms with Crippen LogP contribution in [-0.4, -0.2) is 50.6 Å². The normalized spacial score (nSPS) is 30.2. The quantitative estimate of drug-likeness (QED) is 0.527. The Morgan fingerprint density at radius 3 is 2.97 bits per heavy atom. The van der Waals surface area contributed by atoms with Crippen LogP contribution in [0.2, 0.25) is 0 Å². The number of aliphatic hydroxyl groups excluding tert-OH is 2.